The predicted octanol–water partition coefficient (Wildman–Crippen LogP) is 1.54. The highest BCUT2D eigenvalue weighted by Gasteiger charge is 2.39. The van der Waals surface area contributed by atoms with Gasteiger partial charge in [0.1, 0.15) is 0 Å². The van der Waals surface area contributed by atoms with Gasteiger partial charge in [0.15, 0.2) is 0 Å². The van der Waals surface area contributed by atoms with Crippen molar-refractivity contribution in [3.8, 4) is 0 Å². The van der Waals surface area contributed by atoms with Gasteiger partial charge >= 0.3 is 12.0 Å². The number of carbonyl (C=O) groups excluding carboxylic acids is 1. The first-order chi connectivity index (χ1) is 9.54. The third kappa shape index (κ3) is 3.06. The standard InChI is InChI=1S/C14H24N2O4/c1-3-11-5-4-10(2)16(11)14(19)15-6-7-20-9-12(15)8-13(17)18/h10-12H,3-9H2,1-2H3,(H,17,18). The first-order valence-corrected chi connectivity index (χ1v) is 7.43. The Balaban J connectivity index is 2.10. The second-order valence-electron chi connectivity index (χ2n) is 5.70. The number of hydrogen-bond donors (Lipinski definition) is 1. The van der Waals surface area contributed by atoms with Crippen LogP contribution in [0, 0.1) is 0 Å². The molecule has 6 nitrogen and oxygen atoms in total. The molecule has 6 heteroatoms. The van der Waals surface area contributed by atoms with Gasteiger partial charge in [0.25, 0.3) is 0 Å². The number of hydrogen-bond acceptors (Lipinski definition) is 3. The number of ether oxygens (including phenoxy) is 1. The number of likely N-dealkylation sites (tertiary alicyclic amines) is 1. The van der Waals surface area contributed by atoms with Crippen LogP contribution in [0.4, 0.5) is 4.79 Å². The Labute approximate surface area is 119 Å². The largest absolute Gasteiger partial charge is 0.481 e. The molecule has 0 spiro atoms. The van der Waals surface area contributed by atoms with Gasteiger partial charge in [0.2, 0.25) is 0 Å². The van der Waals surface area contributed by atoms with Crippen LogP contribution in [0.1, 0.15) is 39.5 Å². The minimum atomic E-state index is -0.889. The van der Waals surface area contributed by atoms with Crippen LogP contribution in [0.2, 0.25) is 0 Å². The Morgan fingerprint density at radius 2 is 2.05 bits per heavy atom. The van der Waals surface area contributed by atoms with E-state index in [4.69, 9.17) is 9.84 Å². The average molecular weight is 284 g/mol. The molecular weight excluding hydrogens is 260 g/mol. The molecule has 0 aromatic carbocycles. The molecule has 20 heavy (non-hydrogen) atoms. The number of carbonyl (C=O) groups is 2. The van der Waals surface area contributed by atoms with E-state index in [9.17, 15) is 9.59 Å². The fraction of sp³-hybridized carbons (Fsp3) is 0.857. The Morgan fingerprint density at radius 1 is 1.30 bits per heavy atom. The molecule has 3 atom stereocenters. The van der Waals surface area contributed by atoms with Crippen molar-refractivity contribution in [1.82, 2.24) is 9.80 Å². The zero-order valence-electron chi connectivity index (χ0n) is 12.2. The molecule has 2 saturated heterocycles. The maximum atomic E-state index is 12.8. The molecule has 2 aliphatic rings. The van der Waals surface area contributed by atoms with Crippen molar-refractivity contribution in [2.45, 2.75) is 57.7 Å². The SMILES string of the molecule is CCC1CCC(C)N1C(=O)N1CCOCC1CC(=O)O. The molecule has 0 radical (unpaired) electrons. The lowest BCUT2D eigenvalue weighted by Gasteiger charge is -2.40. The van der Waals surface area contributed by atoms with Crippen molar-refractivity contribution in [3.05, 3.63) is 0 Å². The number of aliphatic carboxylic acids is 1. The number of nitrogens with zero attached hydrogens (tertiary/aromatic N) is 2. The lowest BCUT2D eigenvalue weighted by atomic mass is 10.1. The number of morpholine rings is 1. The molecule has 0 aliphatic carbocycles. The lowest BCUT2D eigenvalue weighted by Crippen LogP contribution is -2.56. The molecule has 2 aliphatic heterocycles. The third-order valence-corrected chi connectivity index (χ3v) is 4.36. The van der Waals surface area contributed by atoms with Crippen LogP contribution in [0.5, 0.6) is 0 Å². The quantitative estimate of drug-likeness (QED) is 0.853. The lowest BCUT2D eigenvalue weighted by molar-refractivity contribution is -0.139. The summed E-state index contributed by atoms with van der Waals surface area (Å²) in [5.74, 6) is -0.889. The minimum absolute atomic E-state index is 0.0172. The molecule has 2 fully saturated rings. The van der Waals surface area contributed by atoms with Crippen LogP contribution < -0.4 is 0 Å². The second-order valence-corrected chi connectivity index (χ2v) is 5.70. The van der Waals surface area contributed by atoms with E-state index < -0.39 is 5.97 Å². The third-order valence-electron chi connectivity index (χ3n) is 4.36. The first-order valence-electron chi connectivity index (χ1n) is 7.43. The van der Waals surface area contributed by atoms with Crippen LogP contribution in [0.15, 0.2) is 0 Å². The normalized spacial score (nSPS) is 30.6. The van der Waals surface area contributed by atoms with Crippen molar-refractivity contribution in [2.24, 2.45) is 0 Å². The Hall–Kier alpha value is -1.30. The summed E-state index contributed by atoms with van der Waals surface area (Å²) in [6, 6.07) is 0.155. The Bertz CT molecular complexity index is 374. The smallest absolute Gasteiger partial charge is 0.320 e. The van der Waals surface area contributed by atoms with E-state index in [1.165, 1.54) is 0 Å². The van der Waals surface area contributed by atoms with Gasteiger partial charge in [0, 0.05) is 18.6 Å². The maximum Gasteiger partial charge on any atom is 0.320 e. The van der Waals surface area contributed by atoms with Crippen molar-refractivity contribution < 1.29 is 19.4 Å². The summed E-state index contributed by atoms with van der Waals surface area (Å²) < 4.78 is 5.33. The molecule has 0 saturated carbocycles. The summed E-state index contributed by atoms with van der Waals surface area (Å²) in [6.45, 7) is 5.45. The zero-order chi connectivity index (χ0) is 14.7. The van der Waals surface area contributed by atoms with E-state index in [-0.39, 0.29) is 30.6 Å². The van der Waals surface area contributed by atoms with Crippen LogP contribution >= 0.6 is 0 Å². The maximum absolute atomic E-state index is 12.8. The number of carboxylic acids is 1. The van der Waals surface area contributed by atoms with E-state index in [0.717, 1.165) is 19.3 Å². The topological polar surface area (TPSA) is 70.1 Å². The zero-order valence-corrected chi connectivity index (χ0v) is 12.2. The molecule has 3 unspecified atom stereocenters. The highest BCUT2D eigenvalue weighted by atomic mass is 16.5. The second kappa shape index (κ2) is 6.43. The molecule has 114 valence electrons. The molecule has 0 aromatic heterocycles. The van der Waals surface area contributed by atoms with Crippen LogP contribution in [-0.2, 0) is 9.53 Å². The molecule has 2 amide bonds. The summed E-state index contributed by atoms with van der Waals surface area (Å²) in [5, 5.41) is 8.97. The molecule has 2 heterocycles. The van der Waals surface area contributed by atoms with Crippen LogP contribution in [0.25, 0.3) is 0 Å². The predicted molar refractivity (Wildman–Crippen MR) is 73.6 cm³/mol. The van der Waals surface area contributed by atoms with E-state index in [1.54, 1.807) is 4.90 Å². The molecule has 2 rings (SSSR count). The summed E-state index contributed by atoms with van der Waals surface area (Å²) in [5.41, 5.74) is 0. The Kier molecular flexibility index (Phi) is 4.86. The average Bonchev–Trinajstić information content (AvgIpc) is 2.79. The first kappa shape index (κ1) is 15.1. The van der Waals surface area contributed by atoms with E-state index in [0.29, 0.717) is 19.8 Å². The van der Waals surface area contributed by atoms with Crippen molar-refractivity contribution in [1.29, 1.82) is 0 Å². The number of urea groups is 1. The summed E-state index contributed by atoms with van der Waals surface area (Å²) in [6.07, 6.45) is 2.96. The van der Waals surface area contributed by atoms with Gasteiger partial charge in [-0.25, -0.2) is 4.79 Å². The van der Waals surface area contributed by atoms with Gasteiger partial charge in [-0.1, -0.05) is 6.92 Å². The highest BCUT2D eigenvalue weighted by Crippen LogP contribution is 2.28. The number of amides is 2. The van der Waals surface area contributed by atoms with Gasteiger partial charge in [-0.15, -0.1) is 0 Å². The fourth-order valence-electron chi connectivity index (χ4n) is 3.24. The van der Waals surface area contributed by atoms with Crippen molar-refractivity contribution >= 4 is 12.0 Å². The fourth-order valence-corrected chi connectivity index (χ4v) is 3.24. The van der Waals surface area contributed by atoms with Gasteiger partial charge in [-0.3, -0.25) is 4.79 Å². The molecule has 0 aromatic rings. The van der Waals surface area contributed by atoms with Gasteiger partial charge in [-0.05, 0) is 26.2 Å². The highest BCUT2D eigenvalue weighted by molar-refractivity contribution is 5.77. The van der Waals surface area contributed by atoms with E-state index >= 15 is 0 Å². The van der Waals surface area contributed by atoms with Crippen LogP contribution in [-0.4, -0.2) is 64.8 Å². The molecular formula is C14H24N2O4. The van der Waals surface area contributed by atoms with Gasteiger partial charge in [-0.2, -0.15) is 0 Å². The van der Waals surface area contributed by atoms with Crippen molar-refractivity contribution in [3.63, 3.8) is 0 Å². The monoisotopic (exact) mass is 284 g/mol. The summed E-state index contributed by atoms with van der Waals surface area (Å²) in [7, 11) is 0. The summed E-state index contributed by atoms with van der Waals surface area (Å²) >= 11 is 0. The molecule has 0 bridgehead atoms. The number of carboxylic acid groups (broad SMARTS) is 1. The van der Waals surface area contributed by atoms with E-state index in [2.05, 4.69) is 13.8 Å². The number of rotatable bonds is 3. The Morgan fingerprint density at radius 3 is 2.70 bits per heavy atom. The van der Waals surface area contributed by atoms with Crippen molar-refractivity contribution in [2.75, 3.05) is 19.8 Å². The van der Waals surface area contributed by atoms with E-state index in [1.807, 2.05) is 4.90 Å². The minimum Gasteiger partial charge on any atom is -0.481 e. The van der Waals surface area contributed by atoms with Crippen LogP contribution in [0.3, 0.4) is 0 Å². The van der Waals surface area contributed by atoms with Gasteiger partial charge < -0.3 is 19.6 Å². The van der Waals surface area contributed by atoms with Gasteiger partial charge in [0.05, 0.1) is 25.7 Å². The molecule has 1 N–H and O–H groups in total. The summed E-state index contributed by atoms with van der Waals surface area (Å²) in [4.78, 5) is 27.4.